The minimum atomic E-state index is 0.536. The number of halogens is 1. The van der Waals surface area contributed by atoms with Gasteiger partial charge in [-0.25, -0.2) is 0 Å². The smallest absolute Gasteiger partial charge is 0.175 e. The molecule has 0 spiro atoms. The SMILES string of the molecule is N#Cc1cc(Br)c2c(c1)OCCO2. The number of nitriles is 1. The van der Waals surface area contributed by atoms with E-state index < -0.39 is 0 Å². The van der Waals surface area contributed by atoms with Crippen molar-refractivity contribution in [3.63, 3.8) is 0 Å². The zero-order chi connectivity index (χ0) is 9.26. The van der Waals surface area contributed by atoms with Gasteiger partial charge in [0.1, 0.15) is 13.2 Å². The molecule has 13 heavy (non-hydrogen) atoms. The van der Waals surface area contributed by atoms with E-state index >= 15 is 0 Å². The molecule has 4 heteroatoms. The van der Waals surface area contributed by atoms with Crippen LogP contribution in [0.25, 0.3) is 0 Å². The topological polar surface area (TPSA) is 42.2 Å². The fourth-order valence-electron chi connectivity index (χ4n) is 1.18. The molecular weight excluding hydrogens is 234 g/mol. The second-order valence-electron chi connectivity index (χ2n) is 2.59. The van der Waals surface area contributed by atoms with Gasteiger partial charge in [0.25, 0.3) is 0 Å². The van der Waals surface area contributed by atoms with Gasteiger partial charge in [-0.1, -0.05) is 0 Å². The van der Waals surface area contributed by atoms with Crippen LogP contribution in [0.5, 0.6) is 11.5 Å². The molecule has 1 aliphatic heterocycles. The third-order valence-corrected chi connectivity index (χ3v) is 2.31. The van der Waals surface area contributed by atoms with E-state index in [-0.39, 0.29) is 0 Å². The van der Waals surface area contributed by atoms with Crippen LogP contribution in [0.3, 0.4) is 0 Å². The third kappa shape index (κ3) is 1.47. The average Bonchev–Trinajstić information content (AvgIpc) is 2.18. The molecule has 1 aromatic carbocycles. The van der Waals surface area contributed by atoms with Gasteiger partial charge < -0.3 is 9.47 Å². The van der Waals surface area contributed by atoms with Crippen molar-refractivity contribution in [1.29, 1.82) is 5.26 Å². The number of ether oxygens (including phenoxy) is 2. The summed E-state index contributed by atoms with van der Waals surface area (Å²) in [6, 6.07) is 5.45. The molecule has 3 nitrogen and oxygen atoms in total. The van der Waals surface area contributed by atoms with E-state index in [0.29, 0.717) is 30.3 Å². The van der Waals surface area contributed by atoms with Crippen molar-refractivity contribution in [3.05, 3.63) is 22.2 Å². The van der Waals surface area contributed by atoms with Crippen molar-refractivity contribution >= 4 is 15.9 Å². The lowest BCUT2D eigenvalue weighted by molar-refractivity contribution is 0.170. The molecule has 0 atom stereocenters. The Bertz CT molecular complexity index is 384. The Balaban J connectivity index is 2.54. The molecule has 0 radical (unpaired) electrons. The lowest BCUT2D eigenvalue weighted by Crippen LogP contribution is -2.15. The number of rotatable bonds is 0. The monoisotopic (exact) mass is 239 g/mol. The first-order chi connectivity index (χ1) is 6.31. The maximum absolute atomic E-state index is 8.70. The quantitative estimate of drug-likeness (QED) is 0.697. The second-order valence-corrected chi connectivity index (χ2v) is 3.45. The van der Waals surface area contributed by atoms with E-state index in [4.69, 9.17) is 14.7 Å². The van der Waals surface area contributed by atoms with Crippen LogP contribution in [-0.4, -0.2) is 13.2 Å². The van der Waals surface area contributed by atoms with E-state index in [1.54, 1.807) is 12.1 Å². The average molecular weight is 240 g/mol. The highest BCUT2D eigenvalue weighted by molar-refractivity contribution is 9.10. The highest BCUT2D eigenvalue weighted by Gasteiger charge is 2.15. The molecular formula is C9H6BrNO2. The van der Waals surface area contributed by atoms with Crippen LogP contribution in [0.2, 0.25) is 0 Å². The summed E-state index contributed by atoms with van der Waals surface area (Å²) in [4.78, 5) is 0. The number of hydrogen-bond acceptors (Lipinski definition) is 3. The van der Waals surface area contributed by atoms with Crippen LogP contribution in [0.1, 0.15) is 5.56 Å². The summed E-state index contributed by atoms with van der Waals surface area (Å²) < 4.78 is 11.5. The van der Waals surface area contributed by atoms with Gasteiger partial charge in [0.15, 0.2) is 11.5 Å². The van der Waals surface area contributed by atoms with Gasteiger partial charge in [-0.15, -0.1) is 0 Å². The second kappa shape index (κ2) is 3.27. The van der Waals surface area contributed by atoms with Crippen molar-refractivity contribution in [2.24, 2.45) is 0 Å². The minimum absolute atomic E-state index is 0.536. The maximum atomic E-state index is 8.70. The standard InChI is InChI=1S/C9H6BrNO2/c10-7-3-6(5-11)4-8-9(7)13-2-1-12-8/h3-4H,1-2H2. The zero-order valence-corrected chi connectivity index (χ0v) is 8.30. The van der Waals surface area contributed by atoms with Gasteiger partial charge in [-0.3, -0.25) is 0 Å². The number of nitrogens with zero attached hydrogens (tertiary/aromatic N) is 1. The summed E-state index contributed by atoms with van der Waals surface area (Å²) in [6.07, 6.45) is 0. The van der Waals surface area contributed by atoms with Crippen LogP contribution < -0.4 is 9.47 Å². The lowest BCUT2D eigenvalue weighted by Gasteiger charge is -2.19. The Morgan fingerprint density at radius 1 is 1.31 bits per heavy atom. The molecule has 1 aliphatic rings. The van der Waals surface area contributed by atoms with Crippen LogP contribution in [0, 0.1) is 11.3 Å². The highest BCUT2D eigenvalue weighted by atomic mass is 79.9. The third-order valence-electron chi connectivity index (χ3n) is 1.73. The van der Waals surface area contributed by atoms with Crippen molar-refractivity contribution in [2.45, 2.75) is 0 Å². The van der Waals surface area contributed by atoms with E-state index in [1.807, 2.05) is 0 Å². The summed E-state index contributed by atoms with van der Waals surface area (Å²) >= 11 is 3.32. The molecule has 1 aromatic rings. The fourth-order valence-corrected chi connectivity index (χ4v) is 1.73. The fraction of sp³-hybridized carbons (Fsp3) is 0.222. The highest BCUT2D eigenvalue weighted by Crippen LogP contribution is 2.38. The first-order valence-electron chi connectivity index (χ1n) is 3.80. The van der Waals surface area contributed by atoms with Crippen molar-refractivity contribution < 1.29 is 9.47 Å². The van der Waals surface area contributed by atoms with Crippen LogP contribution in [0.4, 0.5) is 0 Å². The summed E-state index contributed by atoms with van der Waals surface area (Å²) in [5.74, 6) is 1.32. The van der Waals surface area contributed by atoms with Crippen LogP contribution in [-0.2, 0) is 0 Å². The van der Waals surface area contributed by atoms with Gasteiger partial charge in [-0.2, -0.15) is 5.26 Å². The van der Waals surface area contributed by atoms with Crippen molar-refractivity contribution in [1.82, 2.24) is 0 Å². The predicted octanol–water partition coefficient (Wildman–Crippen LogP) is 2.09. The summed E-state index contributed by atoms with van der Waals surface area (Å²) in [5, 5.41) is 8.70. The summed E-state index contributed by atoms with van der Waals surface area (Å²) in [6.45, 7) is 1.09. The van der Waals surface area contributed by atoms with Gasteiger partial charge in [0.05, 0.1) is 16.1 Å². The lowest BCUT2D eigenvalue weighted by atomic mass is 10.2. The van der Waals surface area contributed by atoms with Gasteiger partial charge in [0, 0.05) is 6.07 Å². The first-order valence-corrected chi connectivity index (χ1v) is 4.60. The molecule has 0 bridgehead atoms. The Morgan fingerprint density at radius 3 is 2.85 bits per heavy atom. The normalized spacial score (nSPS) is 13.5. The van der Waals surface area contributed by atoms with Crippen LogP contribution >= 0.6 is 15.9 Å². The zero-order valence-electron chi connectivity index (χ0n) is 6.71. The maximum Gasteiger partial charge on any atom is 0.175 e. The predicted molar refractivity (Wildman–Crippen MR) is 49.8 cm³/mol. The molecule has 66 valence electrons. The Morgan fingerprint density at radius 2 is 2.08 bits per heavy atom. The van der Waals surface area contributed by atoms with Gasteiger partial charge >= 0.3 is 0 Å². The van der Waals surface area contributed by atoms with E-state index in [0.717, 1.165) is 4.47 Å². The van der Waals surface area contributed by atoms with Crippen LogP contribution in [0.15, 0.2) is 16.6 Å². The summed E-state index contributed by atoms with van der Waals surface area (Å²) in [5.41, 5.74) is 0.566. The number of benzene rings is 1. The molecule has 0 amide bonds. The molecule has 2 rings (SSSR count). The Labute approximate surface area is 84.0 Å². The minimum Gasteiger partial charge on any atom is -0.486 e. The van der Waals surface area contributed by atoms with Crippen molar-refractivity contribution in [2.75, 3.05) is 13.2 Å². The van der Waals surface area contributed by atoms with E-state index in [1.165, 1.54) is 0 Å². The molecule has 0 aliphatic carbocycles. The molecule has 0 aromatic heterocycles. The largest absolute Gasteiger partial charge is 0.486 e. The van der Waals surface area contributed by atoms with Gasteiger partial charge in [0.2, 0.25) is 0 Å². The van der Waals surface area contributed by atoms with Gasteiger partial charge in [-0.05, 0) is 22.0 Å². The molecule has 0 saturated heterocycles. The Hall–Kier alpha value is -1.21. The first kappa shape index (κ1) is 8.39. The molecule has 0 unspecified atom stereocenters. The summed E-state index contributed by atoms with van der Waals surface area (Å²) in [7, 11) is 0. The molecule has 0 N–H and O–H groups in total. The van der Waals surface area contributed by atoms with E-state index in [2.05, 4.69) is 22.0 Å². The molecule has 0 fully saturated rings. The molecule has 0 saturated carbocycles. The Kier molecular flexibility index (Phi) is 2.11. The number of fused-ring (bicyclic) bond motifs is 1. The molecule has 1 heterocycles. The number of hydrogen-bond donors (Lipinski definition) is 0. The van der Waals surface area contributed by atoms with Crippen molar-refractivity contribution in [3.8, 4) is 17.6 Å². The van der Waals surface area contributed by atoms with E-state index in [9.17, 15) is 0 Å².